The van der Waals surface area contributed by atoms with E-state index in [1.807, 2.05) is 0 Å². The number of fused-ring (bicyclic) bond motifs is 1. The number of carbonyl (C=O) groups is 4. The van der Waals surface area contributed by atoms with Gasteiger partial charge in [-0.1, -0.05) is 13.8 Å². The van der Waals surface area contributed by atoms with Gasteiger partial charge in [0.1, 0.15) is 11.4 Å². The summed E-state index contributed by atoms with van der Waals surface area (Å²) in [6.45, 7) is 8.90. The van der Waals surface area contributed by atoms with Crippen LogP contribution in [-0.4, -0.2) is 64.0 Å². The summed E-state index contributed by atoms with van der Waals surface area (Å²) in [5, 5.41) is 23.5. The van der Waals surface area contributed by atoms with Crippen molar-refractivity contribution in [2.45, 2.75) is 63.7 Å². The quantitative estimate of drug-likeness (QED) is 0.236. The normalized spacial score (nSPS) is 27.9. The van der Waals surface area contributed by atoms with Gasteiger partial charge >= 0.3 is 24.0 Å². The number of aliphatic hydroxyl groups is 1. The van der Waals surface area contributed by atoms with Crippen LogP contribution in [0.4, 0.5) is 9.18 Å². The van der Waals surface area contributed by atoms with E-state index in [9.17, 15) is 33.8 Å². The molecule has 1 amide bonds. The fourth-order valence-electron chi connectivity index (χ4n) is 4.99. The van der Waals surface area contributed by atoms with E-state index < -0.39 is 77.6 Å². The highest BCUT2D eigenvalue weighted by Crippen LogP contribution is 2.65. The summed E-state index contributed by atoms with van der Waals surface area (Å²) in [4.78, 5) is 51.0. The van der Waals surface area contributed by atoms with Crippen LogP contribution in [0.5, 0.6) is 0 Å². The second-order valence-electron chi connectivity index (χ2n) is 10.9. The number of ether oxygens (including phenoxy) is 3. The Morgan fingerprint density at radius 2 is 1.84 bits per heavy atom. The van der Waals surface area contributed by atoms with Crippen LogP contribution in [0.25, 0.3) is 0 Å². The zero-order chi connectivity index (χ0) is 28.6. The highest BCUT2D eigenvalue weighted by atomic mass is 32.2. The van der Waals surface area contributed by atoms with Crippen LogP contribution >= 0.6 is 11.8 Å². The van der Waals surface area contributed by atoms with Crippen molar-refractivity contribution in [1.82, 2.24) is 5.32 Å². The van der Waals surface area contributed by atoms with Crippen molar-refractivity contribution in [2.24, 2.45) is 29.6 Å². The van der Waals surface area contributed by atoms with Crippen LogP contribution in [0.2, 0.25) is 0 Å². The maximum Gasteiger partial charge on any atom is 0.408 e. The minimum Gasteiger partial charge on any atom is -0.481 e. The molecule has 3 rings (SSSR count). The van der Waals surface area contributed by atoms with Crippen molar-refractivity contribution in [3.05, 3.63) is 29.6 Å². The van der Waals surface area contributed by atoms with Gasteiger partial charge in [-0.2, -0.15) is 0 Å². The molecular formula is C26H34FNO9S. The number of aryl methyl sites for hydroxylation is 1. The first-order chi connectivity index (χ1) is 17.6. The average Bonchev–Trinajstić information content (AvgIpc) is 3.50. The molecule has 0 bridgehead atoms. The fourth-order valence-corrected chi connectivity index (χ4v) is 6.24. The summed E-state index contributed by atoms with van der Waals surface area (Å²) in [6.07, 6.45) is -2.28. The SMILES string of the molecule is Cc1cc(SC[C@@H]2[C@@H](O)[C@H]3[C@H](C(=O)O)[C@H]3[C@]2(NC(=O)OC(C)(C)C)C(=O)OCOC(=O)C(C)C)ccc1F. The monoisotopic (exact) mass is 555 g/mol. The van der Waals surface area contributed by atoms with Gasteiger partial charge in [0.2, 0.25) is 6.79 Å². The number of aliphatic hydroxyl groups excluding tert-OH is 1. The number of rotatable bonds is 9. The van der Waals surface area contributed by atoms with Gasteiger partial charge in [-0.25, -0.2) is 14.0 Å². The fraction of sp³-hybridized carbons (Fsp3) is 0.615. The van der Waals surface area contributed by atoms with Crippen LogP contribution in [0.15, 0.2) is 23.1 Å². The lowest BCUT2D eigenvalue weighted by Gasteiger charge is -2.38. The number of esters is 2. The zero-order valence-corrected chi connectivity index (χ0v) is 23.0. The topological polar surface area (TPSA) is 148 Å². The summed E-state index contributed by atoms with van der Waals surface area (Å²) >= 11 is 1.21. The summed E-state index contributed by atoms with van der Waals surface area (Å²) in [7, 11) is 0. The Labute approximate surface area is 224 Å². The minimum atomic E-state index is -1.98. The van der Waals surface area contributed by atoms with E-state index in [0.717, 1.165) is 0 Å². The van der Waals surface area contributed by atoms with Crippen LogP contribution < -0.4 is 5.32 Å². The third-order valence-electron chi connectivity index (χ3n) is 6.74. The molecule has 0 unspecified atom stereocenters. The lowest BCUT2D eigenvalue weighted by Crippen LogP contribution is -2.63. The number of aliphatic carboxylic acids is 1. The number of nitrogens with one attached hydrogen (secondary N) is 1. The summed E-state index contributed by atoms with van der Waals surface area (Å²) in [6, 6.07) is 4.45. The Morgan fingerprint density at radius 3 is 2.39 bits per heavy atom. The highest BCUT2D eigenvalue weighted by molar-refractivity contribution is 7.99. The molecule has 0 aliphatic heterocycles. The number of thioether (sulfide) groups is 1. The molecule has 6 atom stereocenters. The molecule has 0 heterocycles. The number of hydrogen-bond donors (Lipinski definition) is 3. The predicted octanol–water partition coefficient (Wildman–Crippen LogP) is 3.13. The maximum atomic E-state index is 13.7. The van der Waals surface area contributed by atoms with Crippen molar-refractivity contribution in [3.8, 4) is 0 Å². The third kappa shape index (κ3) is 6.06. The summed E-state index contributed by atoms with van der Waals surface area (Å²) < 4.78 is 29.3. The smallest absolute Gasteiger partial charge is 0.408 e. The largest absolute Gasteiger partial charge is 0.481 e. The number of halogens is 1. The Balaban J connectivity index is 1.96. The molecule has 2 fully saturated rings. The molecule has 2 saturated carbocycles. The number of amides is 1. The number of carboxylic acid groups (broad SMARTS) is 1. The number of hydrogen-bond acceptors (Lipinski definition) is 9. The molecule has 2 aliphatic rings. The standard InChI is InChI=1S/C26H34FNO9S/c1-12(2)22(32)35-11-36-23(33)26(28-24(34)37-25(4,5)6)15(20(29)17-18(19(17)26)21(30)31)10-38-14-7-8-16(27)13(3)9-14/h7-9,12,15,17-20,29H,10-11H2,1-6H3,(H,28,34)(H,30,31)/t15-,17+,18+,19+,20-,26+/m1/s1. The number of carbonyl (C=O) groups excluding carboxylic acids is 3. The molecule has 12 heteroatoms. The molecular weight excluding hydrogens is 521 g/mol. The van der Waals surface area contributed by atoms with E-state index >= 15 is 0 Å². The lowest BCUT2D eigenvalue weighted by molar-refractivity contribution is -0.176. The van der Waals surface area contributed by atoms with Crippen LogP contribution in [-0.2, 0) is 28.6 Å². The van der Waals surface area contributed by atoms with Crippen molar-refractivity contribution in [1.29, 1.82) is 0 Å². The van der Waals surface area contributed by atoms with E-state index in [4.69, 9.17) is 14.2 Å². The molecule has 0 aromatic heterocycles. The van der Waals surface area contributed by atoms with Crippen molar-refractivity contribution < 1.29 is 48.0 Å². The molecule has 0 saturated heterocycles. The minimum absolute atomic E-state index is 0.0578. The molecule has 1 aromatic carbocycles. The molecule has 0 spiro atoms. The lowest BCUT2D eigenvalue weighted by atomic mass is 9.80. The van der Waals surface area contributed by atoms with Gasteiger partial charge in [0, 0.05) is 28.4 Å². The predicted molar refractivity (Wildman–Crippen MR) is 133 cm³/mol. The summed E-state index contributed by atoms with van der Waals surface area (Å²) in [5.74, 6) is -7.63. The van der Waals surface area contributed by atoms with Crippen molar-refractivity contribution in [3.63, 3.8) is 0 Å². The van der Waals surface area contributed by atoms with Gasteiger partial charge in [-0.3, -0.25) is 9.59 Å². The van der Waals surface area contributed by atoms with Gasteiger partial charge in [-0.05, 0) is 51.5 Å². The molecule has 3 N–H and O–H groups in total. The Morgan fingerprint density at radius 1 is 1.18 bits per heavy atom. The van der Waals surface area contributed by atoms with Gasteiger partial charge in [0.15, 0.2) is 5.54 Å². The van der Waals surface area contributed by atoms with Gasteiger partial charge < -0.3 is 29.7 Å². The Kier molecular flexibility index (Phi) is 8.67. The molecule has 210 valence electrons. The van der Waals surface area contributed by atoms with Gasteiger partial charge in [0.25, 0.3) is 0 Å². The number of alkyl carbamates (subject to hydrolysis) is 1. The number of benzene rings is 1. The van der Waals surface area contributed by atoms with E-state index in [2.05, 4.69) is 5.32 Å². The average molecular weight is 556 g/mol. The molecule has 0 radical (unpaired) electrons. The number of carboxylic acids is 1. The van der Waals surface area contributed by atoms with Crippen LogP contribution in [0.3, 0.4) is 0 Å². The van der Waals surface area contributed by atoms with E-state index in [-0.39, 0.29) is 11.6 Å². The maximum absolute atomic E-state index is 13.7. The van der Waals surface area contributed by atoms with E-state index in [1.165, 1.54) is 17.8 Å². The third-order valence-corrected chi connectivity index (χ3v) is 7.86. The zero-order valence-electron chi connectivity index (χ0n) is 22.1. The van der Waals surface area contributed by atoms with Crippen molar-refractivity contribution >= 4 is 35.8 Å². The molecule has 10 nitrogen and oxygen atoms in total. The first-order valence-corrected chi connectivity index (χ1v) is 13.2. The van der Waals surface area contributed by atoms with Gasteiger partial charge in [0.05, 0.1) is 17.9 Å². The molecule has 2 aliphatic carbocycles. The summed E-state index contributed by atoms with van der Waals surface area (Å²) in [5.41, 5.74) is -2.52. The Bertz CT molecular complexity index is 1100. The van der Waals surface area contributed by atoms with Crippen molar-refractivity contribution in [2.75, 3.05) is 12.5 Å². The van der Waals surface area contributed by atoms with Gasteiger partial charge in [-0.15, -0.1) is 11.8 Å². The molecule has 1 aromatic rings. The Hall–Kier alpha value is -2.86. The van der Waals surface area contributed by atoms with E-state index in [1.54, 1.807) is 53.7 Å². The molecule has 38 heavy (non-hydrogen) atoms. The van der Waals surface area contributed by atoms with E-state index in [0.29, 0.717) is 10.5 Å². The first-order valence-electron chi connectivity index (χ1n) is 12.2. The first kappa shape index (κ1) is 29.7. The second kappa shape index (κ2) is 11.1. The van der Waals surface area contributed by atoms with Crippen LogP contribution in [0.1, 0.15) is 40.2 Å². The highest BCUT2D eigenvalue weighted by Gasteiger charge is 2.80. The second-order valence-corrected chi connectivity index (χ2v) is 12.0. The van der Waals surface area contributed by atoms with Crippen LogP contribution in [0, 0.1) is 42.3 Å².